The minimum Gasteiger partial charge on any atom is -0.380 e. The summed E-state index contributed by atoms with van der Waals surface area (Å²) in [6.45, 7) is 6.82. The Hall–Kier alpha value is -2.59. The SMILES string of the molecule is Cc1cccc(C)c1CNc1c(C(N)=O)cnc2c(C)cccc12.Cl. The van der Waals surface area contributed by atoms with Crippen molar-refractivity contribution in [3.63, 3.8) is 0 Å². The second kappa shape index (κ2) is 7.53. The lowest BCUT2D eigenvalue weighted by atomic mass is 10.0. The number of pyridine rings is 1. The number of fused-ring (bicyclic) bond motifs is 1. The highest BCUT2D eigenvalue weighted by Crippen LogP contribution is 2.28. The van der Waals surface area contributed by atoms with Gasteiger partial charge in [-0.3, -0.25) is 9.78 Å². The number of anilines is 1. The van der Waals surface area contributed by atoms with Gasteiger partial charge in [0.25, 0.3) is 5.91 Å². The van der Waals surface area contributed by atoms with Crippen LogP contribution in [0.1, 0.15) is 32.6 Å². The zero-order valence-corrected chi connectivity index (χ0v) is 15.4. The summed E-state index contributed by atoms with van der Waals surface area (Å²) in [6, 6.07) is 12.2. The Morgan fingerprint density at radius 2 is 1.64 bits per heavy atom. The average Bonchev–Trinajstić information content (AvgIpc) is 2.54. The lowest BCUT2D eigenvalue weighted by Gasteiger charge is -2.16. The van der Waals surface area contributed by atoms with Crippen molar-refractivity contribution in [1.29, 1.82) is 0 Å². The molecule has 0 aliphatic heterocycles. The maximum absolute atomic E-state index is 11.8. The Kier molecular flexibility index (Phi) is 5.65. The molecule has 1 amide bonds. The van der Waals surface area contributed by atoms with Gasteiger partial charge in [0.05, 0.1) is 16.8 Å². The summed E-state index contributed by atoms with van der Waals surface area (Å²) in [5.41, 5.74) is 12.3. The number of primary amides is 1. The van der Waals surface area contributed by atoms with Crippen molar-refractivity contribution in [2.45, 2.75) is 27.3 Å². The van der Waals surface area contributed by atoms with Crippen molar-refractivity contribution in [3.8, 4) is 0 Å². The molecule has 0 bridgehead atoms. The summed E-state index contributed by atoms with van der Waals surface area (Å²) < 4.78 is 0. The monoisotopic (exact) mass is 355 g/mol. The van der Waals surface area contributed by atoms with Crippen LogP contribution in [0.25, 0.3) is 10.9 Å². The number of nitrogens with one attached hydrogen (secondary N) is 1. The topological polar surface area (TPSA) is 68.0 Å². The number of carbonyl (C=O) groups is 1. The van der Waals surface area contributed by atoms with Crippen LogP contribution in [-0.2, 0) is 6.54 Å². The number of hydrogen-bond acceptors (Lipinski definition) is 3. The molecule has 0 radical (unpaired) electrons. The van der Waals surface area contributed by atoms with Gasteiger partial charge in [-0.2, -0.15) is 0 Å². The first kappa shape index (κ1) is 18.7. The number of rotatable bonds is 4. The van der Waals surface area contributed by atoms with Crippen LogP contribution in [0.3, 0.4) is 0 Å². The maximum Gasteiger partial charge on any atom is 0.252 e. The second-order valence-corrected chi connectivity index (χ2v) is 6.11. The smallest absolute Gasteiger partial charge is 0.252 e. The molecule has 130 valence electrons. The molecule has 0 saturated heterocycles. The van der Waals surface area contributed by atoms with Gasteiger partial charge in [0.15, 0.2) is 0 Å². The van der Waals surface area contributed by atoms with Crippen LogP contribution in [0, 0.1) is 20.8 Å². The highest BCUT2D eigenvalue weighted by molar-refractivity contribution is 6.06. The van der Waals surface area contributed by atoms with E-state index < -0.39 is 5.91 Å². The molecule has 0 unspecified atom stereocenters. The number of nitrogens with two attached hydrogens (primary N) is 1. The fraction of sp³-hybridized carbons (Fsp3) is 0.200. The van der Waals surface area contributed by atoms with E-state index in [0.717, 1.165) is 22.2 Å². The molecule has 3 rings (SSSR count). The van der Waals surface area contributed by atoms with E-state index in [1.807, 2.05) is 31.2 Å². The number of carbonyl (C=O) groups excluding carboxylic acids is 1. The molecule has 0 aliphatic rings. The number of hydrogen-bond donors (Lipinski definition) is 2. The number of para-hydroxylation sites is 1. The van der Waals surface area contributed by atoms with Gasteiger partial charge in [0.2, 0.25) is 0 Å². The van der Waals surface area contributed by atoms with Crippen LogP contribution < -0.4 is 11.1 Å². The molecule has 0 spiro atoms. The van der Waals surface area contributed by atoms with E-state index in [0.29, 0.717) is 12.1 Å². The quantitative estimate of drug-likeness (QED) is 0.733. The van der Waals surface area contributed by atoms with Crippen molar-refractivity contribution in [2.75, 3.05) is 5.32 Å². The van der Waals surface area contributed by atoms with Crippen LogP contribution in [0.15, 0.2) is 42.6 Å². The van der Waals surface area contributed by atoms with E-state index in [-0.39, 0.29) is 12.4 Å². The van der Waals surface area contributed by atoms with Gasteiger partial charge in [0, 0.05) is 18.1 Å². The van der Waals surface area contributed by atoms with E-state index >= 15 is 0 Å². The molecule has 3 aromatic rings. The summed E-state index contributed by atoms with van der Waals surface area (Å²) in [5, 5.41) is 4.34. The van der Waals surface area contributed by atoms with Crippen molar-refractivity contribution in [3.05, 3.63) is 70.4 Å². The summed E-state index contributed by atoms with van der Waals surface area (Å²) in [4.78, 5) is 16.2. The van der Waals surface area contributed by atoms with Gasteiger partial charge in [-0.15, -0.1) is 12.4 Å². The van der Waals surface area contributed by atoms with E-state index in [2.05, 4.69) is 36.3 Å². The molecule has 0 fully saturated rings. The standard InChI is InChI=1S/C20H21N3O.ClH/c1-12-6-4-7-13(2)16(12)10-23-19-15-9-5-8-14(3)18(15)22-11-17(19)20(21)24;/h4-9,11H,10H2,1-3H3,(H2,21,24)(H,22,23);1H. The minimum absolute atomic E-state index is 0. The lowest BCUT2D eigenvalue weighted by molar-refractivity contribution is 0.100. The minimum atomic E-state index is -0.477. The summed E-state index contributed by atoms with van der Waals surface area (Å²) in [5.74, 6) is -0.477. The lowest BCUT2D eigenvalue weighted by Crippen LogP contribution is -2.16. The Balaban J connectivity index is 0.00000225. The third kappa shape index (κ3) is 3.59. The molecular weight excluding hydrogens is 334 g/mol. The second-order valence-electron chi connectivity index (χ2n) is 6.11. The zero-order chi connectivity index (χ0) is 17.3. The normalized spacial score (nSPS) is 10.4. The van der Waals surface area contributed by atoms with Gasteiger partial charge in [-0.05, 0) is 43.0 Å². The molecule has 3 N–H and O–H groups in total. The van der Waals surface area contributed by atoms with Crippen LogP contribution in [0.5, 0.6) is 0 Å². The largest absolute Gasteiger partial charge is 0.380 e. The Bertz CT molecular complexity index is 917. The van der Waals surface area contributed by atoms with Crippen molar-refractivity contribution >= 4 is 34.9 Å². The molecule has 25 heavy (non-hydrogen) atoms. The Morgan fingerprint density at radius 1 is 1.04 bits per heavy atom. The van der Waals surface area contributed by atoms with E-state index in [4.69, 9.17) is 5.73 Å². The van der Waals surface area contributed by atoms with E-state index in [9.17, 15) is 4.79 Å². The number of nitrogens with zero attached hydrogens (tertiary/aromatic N) is 1. The average molecular weight is 356 g/mol. The van der Waals surface area contributed by atoms with Gasteiger partial charge in [-0.1, -0.05) is 36.4 Å². The summed E-state index contributed by atoms with van der Waals surface area (Å²) in [6.07, 6.45) is 1.56. The van der Waals surface area contributed by atoms with E-state index in [1.54, 1.807) is 6.20 Å². The zero-order valence-electron chi connectivity index (χ0n) is 14.6. The van der Waals surface area contributed by atoms with Gasteiger partial charge >= 0.3 is 0 Å². The highest BCUT2D eigenvalue weighted by atomic mass is 35.5. The number of aryl methyl sites for hydroxylation is 3. The van der Waals surface area contributed by atoms with Gasteiger partial charge in [0.1, 0.15) is 0 Å². The molecule has 5 heteroatoms. The molecule has 1 heterocycles. The Morgan fingerprint density at radius 3 is 2.28 bits per heavy atom. The number of halogens is 1. The molecule has 0 saturated carbocycles. The molecular formula is C20H22ClN3O. The summed E-state index contributed by atoms with van der Waals surface area (Å²) >= 11 is 0. The van der Waals surface area contributed by atoms with Crippen LogP contribution in [0.2, 0.25) is 0 Å². The Labute approximate surface area is 153 Å². The molecule has 4 nitrogen and oxygen atoms in total. The molecule has 0 aliphatic carbocycles. The first-order chi connectivity index (χ1) is 11.5. The maximum atomic E-state index is 11.8. The molecule has 0 atom stereocenters. The number of amides is 1. The van der Waals surface area contributed by atoms with Crippen LogP contribution in [0.4, 0.5) is 5.69 Å². The number of benzene rings is 2. The third-order valence-corrected chi connectivity index (χ3v) is 4.45. The first-order valence-electron chi connectivity index (χ1n) is 7.96. The first-order valence-corrected chi connectivity index (χ1v) is 7.96. The number of aromatic nitrogens is 1. The van der Waals surface area contributed by atoms with Crippen molar-refractivity contribution in [2.24, 2.45) is 5.73 Å². The van der Waals surface area contributed by atoms with Gasteiger partial charge in [-0.25, -0.2) is 0 Å². The van der Waals surface area contributed by atoms with Crippen molar-refractivity contribution < 1.29 is 4.79 Å². The van der Waals surface area contributed by atoms with E-state index in [1.165, 1.54) is 16.7 Å². The summed E-state index contributed by atoms with van der Waals surface area (Å²) in [7, 11) is 0. The van der Waals surface area contributed by atoms with Crippen LogP contribution >= 0.6 is 12.4 Å². The molecule has 2 aromatic carbocycles. The molecule has 1 aromatic heterocycles. The fourth-order valence-corrected chi connectivity index (χ4v) is 3.05. The predicted molar refractivity (Wildman–Crippen MR) is 105 cm³/mol. The third-order valence-electron chi connectivity index (χ3n) is 4.45. The van der Waals surface area contributed by atoms with Gasteiger partial charge < -0.3 is 11.1 Å². The van der Waals surface area contributed by atoms with Crippen LogP contribution in [-0.4, -0.2) is 10.9 Å². The fourth-order valence-electron chi connectivity index (χ4n) is 3.05. The van der Waals surface area contributed by atoms with Crippen molar-refractivity contribution in [1.82, 2.24) is 4.98 Å². The predicted octanol–water partition coefficient (Wildman–Crippen LogP) is 4.29. The highest BCUT2D eigenvalue weighted by Gasteiger charge is 2.14.